The van der Waals surface area contributed by atoms with Gasteiger partial charge in [-0.15, -0.1) is 0 Å². The lowest BCUT2D eigenvalue weighted by Gasteiger charge is -2.32. The van der Waals surface area contributed by atoms with Crippen LogP contribution in [0.3, 0.4) is 0 Å². The number of hydrogen-bond acceptors (Lipinski definition) is 5. The molecule has 1 N–H and O–H groups in total. The van der Waals surface area contributed by atoms with Gasteiger partial charge in [0, 0.05) is 24.2 Å². The maximum absolute atomic E-state index is 12.7. The van der Waals surface area contributed by atoms with Crippen LogP contribution in [0, 0.1) is 35.5 Å². The Labute approximate surface area is 157 Å². The Bertz CT molecular complexity index is 515. The highest BCUT2D eigenvalue weighted by atomic mass is 16.5. The Hall–Kier alpha value is -1.23. The number of aliphatic hydroxyl groups is 1. The van der Waals surface area contributed by atoms with Crippen LogP contribution in [0.25, 0.3) is 0 Å². The summed E-state index contributed by atoms with van der Waals surface area (Å²) in [4.78, 5) is 37.7. The molecule has 1 saturated heterocycles. The van der Waals surface area contributed by atoms with Crippen molar-refractivity contribution in [1.82, 2.24) is 0 Å². The highest BCUT2D eigenvalue weighted by molar-refractivity contribution is 5.99. The van der Waals surface area contributed by atoms with E-state index in [4.69, 9.17) is 4.74 Å². The van der Waals surface area contributed by atoms with Gasteiger partial charge in [-0.05, 0) is 31.6 Å². The van der Waals surface area contributed by atoms with E-state index in [-0.39, 0.29) is 35.2 Å². The number of carbonyl (C=O) groups is 3. The molecule has 0 aromatic rings. The molecule has 0 aliphatic carbocycles. The summed E-state index contributed by atoms with van der Waals surface area (Å²) < 4.78 is 5.57. The third kappa shape index (κ3) is 5.15. The van der Waals surface area contributed by atoms with E-state index in [1.807, 2.05) is 27.7 Å². The van der Waals surface area contributed by atoms with E-state index in [1.54, 1.807) is 20.8 Å². The lowest BCUT2D eigenvalue weighted by Crippen LogP contribution is -2.41. The summed E-state index contributed by atoms with van der Waals surface area (Å²) in [6.45, 7) is 12.9. The predicted octanol–water partition coefficient (Wildman–Crippen LogP) is 3.42. The summed E-state index contributed by atoms with van der Waals surface area (Å²) in [5, 5.41) is 10.6. The zero-order valence-corrected chi connectivity index (χ0v) is 17.3. The van der Waals surface area contributed by atoms with E-state index < -0.39 is 30.0 Å². The van der Waals surface area contributed by atoms with Crippen LogP contribution < -0.4 is 0 Å². The van der Waals surface area contributed by atoms with E-state index in [1.165, 1.54) is 0 Å². The number of ketones is 2. The van der Waals surface area contributed by atoms with Crippen LogP contribution in [0.15, 0.2) is 0 Å². The lowest BCUT2D eigenvalue weighted by molar-refractivity contribution is -0.162. The Kier molecular flexibility index (Phi) is 8.45. The molecule has 0 spiro atoms. The Morgan fingerprint density at radius 2 is 1.54 bits per heavy atom. The monoisotopic (exact) mass is 368 g/mol. The molecule has 1 fully saturated rings. The topological polar surface area (TPSA) is 80.7 Å². The molecule has 150 valence electrons. The Morgan fingerprint density at radius 1 is 0.962 bits per heavy atom. The molecule has 5 nitrogen and oxygen atoms in total. The minimum absolute atomic E-state index is 0.0222. The molecule has 0 radical (unpaired) electrons. The molecule has 8 atom stereocenters. The number of esters is 1. The van der Waals surface area contributed by atoms with Gasteiger partial charge >= 0.3 is 5.97 Å². The third-order valence-corrected chi connectivity index (χ3v) is 6.58. The van der Waals surface area contributed by atoms with Crippen molar-refractivity contribution >= 4 is 17.5 Å². The molecule has 5 heteroatoms. The summed E-state index contributed by atoms with van der Waals surface area (Å²) >= 11 is 0. The number of rotatable bonds is 1. The second-order valence-corrected chi connectivity index (χ2v) is 8.28. The van der Waals surface area contributed by atoms with E-state index in [0.29, 0.717) is 19.3 Å². The van der Waals surface area contributed by atoms with Crippen molar-refractivity contribution in [2.45, 2.75) is 79.9 Å². The second-order valence-electron chi connectivity index (χ2n) is 8.28. The van der Waals surface area contributed by atoms with Crippen LogP contribution in [-0.4, -0.2) is 34.9 Å². The van der Waals surface area contributed by atoms with Crippen molar-refractivity contribution in [3.05, 3.63) is 0 Å². The first-order valence-electron chi connectivity index (χ1n) is 9.97. The number of Topliss-reactive ketones (excluding diaryl/α,β-unsaturated/α-hetero) is 2. The lowest BCUT2D eigenvalue weighted by atomic mass is 9.76. The number of hydrogen-bond donors (Lipinski definition) is 1. The standard InChI is InChI=1S/C21H36O5/c1-8-18-15(6)20(24)14(5)17(22)10-9-11(2)12(3)13(4)19(23)16(7)21(25)26-18/h11-16,18,20,24H,8-10H2,1-7H3/t11-,12-,13+,14-,15-,16+,18+,20+/m0/s1. The molecule has 1 rings (SSSR count). The van der Waals surface area contributed by atoms with E-state index >= 15 is 0 Å². The average Bonchev–Trinajstić information content (AvgIpc) is 2.64. The minimum atomic E-state index is -0.874. The van der Waals surface area contributed by atoms with Gasteiger partial charge in [0.2, 0.25) is 0 Å². The maximum atomic E-state index is 12.7. The predicted molar refractivity (Wildman–Crippen MR) is 100 cm³/mol. The normalized spacial score (nSPS) is 41.5. The van der Waals surface area contributed by atoms with Crippen molar-refractivity contribution in [2.75, 3.05) is 0 Å². The van der Waals surface area contributed by atoms with Crippen molar-refractivity contribution in [3.8, 4) is 0 Å². The van der Waals surface area contributed by atoms with Gasteiger partial charge in [0.1, 0.15) is 23.6 Å². The molecule has 0 saturated carbocycles. The summed E-state index contributed by atoms with van der Waals surface area (Å²) in [6.07, 6.45) is 0.204. The fourth-order valence-electron chi connectivity index (χ4n) is 3.80. The van der Waals surface area contributed by atoms with Crippen LogP contribution in [0.1, 0.15) is 67.7 Å². The molecular formula is C21H36O5. The summed E-state index contributed by atoms with van der Waals surface area (Å²) in [5.41, 5.74) is 0. The van der Waals surface area contributed by atoms with Crippen molar-refractivity contribution < 1.29 is 24.2 Å². The largest absolute Gasteiger partial charge is 0.461 e. The smallest absolute Gasteiger partial charge is 0.316 e. The first-order valence-corrected chi connectivity index (χ1v) is 9.97. The van der Waals surface area contributed by atoms with Crippen molar-refractivity contribution in [1.29, 1.82) is 0 Å². The first kappa shape index (κ1) is 22.8. The van der Waals surface area contributed by atoms with Crippen LogP contribution in [0.2, 0.25) is 0 Å². The van der Waals surface area contributed by atoms with Gasteiger partial charge in [-0.25, -0.2) is 0 Å². The van der Waals surface area contributed by atoms with Crippen LogP contribution in [0.5, 0.6) is 0 Å². The SMILES string of the molecule is CC[C@H]1OC(=O)[C@H](C)C(=O)[C@H](C)[C@@H](C)[C@@H](C)CCC(=O)[C@H](C)[C@@H](O)[C@H]1C. The molecular weight excluding hydrogens is 332 g/mol. The fraction of sp³-hybridized carbons (Fsp3) is 0.857. The Morgan fingerprint density at radius 3 is 2.08 bits per heavy atom. The van der Waals surface area contributed by atoms with E-state index in [2.05, 4.69) is 0 Å². The zero-order chi connectivity index (χ0) is 20.2. The van der Waals surface area contributed by atoms with E-state index in [0.717, 1.165) is 0 Å². The van der Waals surface area contributed by atoms with Gasteiger partial charge < -0.3 is 9.84 Å². The van der Waals surface area contributed by atoms with Crippen LogP contribution in [-0.2, 0) is 19.1 Å². The molecule has 1 aliphatic heterocycles. The van der Waals surface area contributed by atoms with Gasteiger partial charge in [0.25, 0.3) is 0 Å². The molecule has 0 aromatic carbocycles. The number of cyclic esters (lactones) is 1. The number of aliphatic hydroxyl groups excluding tert-OH is 1. The van der Waals surface area contributed by atoms with Crippen molar-refractivity contribution in [3.63, 3.8) is 0 Å². The molecule has 26 heavy (non-hydrogen) atoms. The van der Waals surface area contributed by atoms with Gasteiger partial charge in [0.05, 0.1) is 6.10 Å². The van der Waals surface area contributed by atoms with Gasteiger partial charge in [-0.1, -0.05) is 41.5 Å². The highest BCUT2D eigenvalue weighted by Gasteiger charge is 2.37. The number of ether oxygens (including phenoxy) is 1. The molecule has 1 aliphatic rings. The summed E-state index contributed by atoms with van der Waals surface area (Å²) in [7, 11) is 0. The second kappa shape index (κ2) is 9.63. The van der Waals surface area contributed by atoms with E-state index in [9.17, 15) is 19.5 Å². The van der Waals surface area contributed by atoms with Crippen LogP contribution >= 0.6 is 0 Å². The fourth-order valence-corrected chi connectivity index (χ4v) is 3.80. The summed E-state index contributed by atoms with van der Waals surface area (Å²) in [5.74, 6) is -2.36. The molecule has 0 amide bonds. The molecule has 0 aromatic heterocycles. The minimum Gasteiger partial charge on any atom is -0.461 e. The third-order valence-electron chi connectivity index (χ3n) is 6.58. The highest BCUT2D eigenvalue weighted by Crippen LogP contribution is 2.30. The number of carbonyl (C=O) groups excluding carboxylic acids is 3. The first-order chi connectivity index (χ1) is 12.0. The van der Waals surface area contributed by atoms with Crippen molar-refractivity contribution in [2.24, 2.45) is 35.5 Å². The average molecular weight is 369 g/mol. The molecule has 0 bridgehead atoms. The summed E-state index contributed by atoms with van der Waals surface area (Å²) in [6, 6.07) is 0. The van der Waals surface area contributed by atoms with Gasteiger partial charge in [0.15, 0.2) is 0 Å². The van der Waals surface area contributed by atoms with Gasteiger partial charge in [-0.3, -0.25) is 14.4 Å². The van der Waals surface area contributed by atoms with Gasteiger partial charge in [-0.2, -0.15) is 0 Å². The molecule has 1 heterocycles. The molecule has 0 unspecified atom stereocenters. The maximum Gasteiger partial charge on any atom is 0.316 e. The van der Waals surface area contributed by atoms with Crippen LogP contribution in [0.4, 0.5) is 0 Å². The Balaban J connectivity index is 3.16. The quantitative estimate of drug-likeness (QED) is 0.566. The zero-order valence-electron chi connectivity index (χ0n) is 17.3.